The molecule has 2 nitrogen and oxygen atoms in total. The number of hydrogen-bond donors (Lipinski definition) is 1. The van der Waals surface area contributed by atoms with Crippen LogP contribution in [0.25, 0.3) is 0 Å². The van der Waals surface area contributed by atoms with Gasteiger partial charge in [0.1, 0.15) is 5.75 Å². The number of halogens is 2. The maximum Gasteiger partial charge on any atom is 0.137 e. The minimum atomic E-state index is 0.295. The van der Waals surface area contributed by atoms with Crippen molar-refractivity contribution < 1.29 is 4.74 Å². The first-order valence-electron chi connectivity index (χ1n) is 6.95. The van der Waals surface area contributed by atoms with E-state index in [4.69, 9.17) is 27.9 Å². The molecular weight excluding hydrogens is 305 g/mol. The summed E-state index contributed by atoms with van der Waals surface area (Å²) in [5, 5.41) is 4.94. The second-order valence-electron chi connectivity index (χ2n) is 4.86. The molecule has 0 aliphatic heterocycles. The normalized spacial score (nSPS) is 12.2. The van der Waals surface area contributed by atoms with Crippen molar-refractivity contribution in [3.05, 3.63) is 63.6 Å². The third-order valence-corrected chi connectivity index (χ3v) is 4.00. The minimum Gasteiger partial charge on any atom is -0.495 e. The van der Waals surface area contributed by atoms with E-state index in [1.54, 1.807) is 7.11 Å². The van der Waals surface area contributed by atoms with Gasteiger partial charge in [0.15, 0.2) is 0 Å². The van der Waals surface area contributed by atoms with Gasteiger partial charge in [0.2, 0.25) is 0 Å². The van der Waals surface area contributed by atoms with Crippen LogP contribution in [0.4, 0.5) is 0 Å². The molecule has 1 atom stereocenters. The summed E-state index contributed by atoms with van der Waals surface area (Å²) in [6, 6.07) is 14.1. The molecule has 0 saturated carbocycles. The molecule has 1 unspecified atom stereocenters. The summed E-state index contributed by atoms with van der Waals surface area (Å²) < 4.78 is 5.16. The van der Waals surface area contributed by atoms with Crippen molar-refractivity contribution in [1.29, 1.82) is 0 Å². The fraction of sp³-hybridized carbons (Fsp3) is 0.294. The first kappa shape index (κ1) is 16.2. The van der Waals surface area contributed by atoms with Gasteiger partial charge >= 0.3 is 0 Å². The lowest BCUT2D eigenvalue weighted by atomic mass is 10.0. The summed E-state index contributed by atoms with van der Waals surface area (Å²) in [5.74, 6) is 0.699. The Bertz CT molecular complexity index is 584. The predicted octanol–water partition coefficient (Wildman–Crippen LogP) is 5.24. The van der Waals surface area contributed by atoms with Gasteiger partial charge in [0, 0.05) is 17.6 Å². The Labute approximate surface area is 136 Å². The van der Waals surface area contributed by atoms with E-state index in [9.17, 15) is 0 Å². The van der Waals surface area contributed by atoms with Crippen molar-refractivity contribution in [1.82, 2.24) is 5.32 Å². The van der Waals surface area contributed by atoms with E-state index in [1.807, 2.05) is 30.3 Å². The zero-order valence-electron chi connectivity index (χ0n) is 12.2. The van der Waals surface area contributed by atoms with E-state index in [2.05, 4.69) is 24.4 Å². The highest BCUT2D eigenvalue weighted by atomic mass is 35.5. The van der Waals surface area contributed by atoms with Crippen LogP contribution in [-0.4, -0.2) is 7.11 Å². The molecular formula is C17H19Cl2NO. The Morgan fingerprint density at radius 3 is 2.38 bits per heavy atom. The highest BCUT2D eigenvalue weighted by Crippen LogP contribution is 2.25. The quantitative estimate of drug-likeness (QED) is 0.784. The van der Waals surface area contributed by atoms with Crippen LogP contribution in [0.2, 0.25) is 10.0 Å². The van der Waals surface area contributed by atoms with Crippen molar-refractivity contribution in [3.63, 3.8) is 0 Å². The second-order valence-corrected chi connectivity index (χ2v) is 5.71. The highest BCUT2D eigenvalue weighted by Gasteiger charge is 2.09. The lowest BCUT2D eigenvalue weighted by molar-refractivity contribution is 0.414. The molecule has 2 aromatic rings. The Hall–Kier alpha value is -1.22. The third-order valence-electron chi connectivity index (χ3n) is 3.45. The molecule has 0 saturated heterocycles. The number of nitrogens with one attached hydrogen (secondary N) is 1. The minimum absolute atomic E-state index is 0.295. The predicted molar refractivity (Wildman–Crippen MR) is 89.3 cm³/mol. The van der Waals surface area contributed by atoms with Crippen LogP contribution in [0.3, 0.4) is 0 Å². The van der Waals surface area contributed by atoms with Gasteiger partial charge in [-0.25, -0.2) is 0 Å². The van der Waals surface area contributed by atoms with E-state index < -0.39 is 0 Å². The second kappa shape index (κ2) is 7.69. The van der Waals surface area contributed by atoms with Gasteiger partial charge in [0.05, 0.1) is 12.1 Å². The first-order chi connectivity index (χ1) is 10.1. The lowest BCUT2D eigenvalue weighted by Crippen LogP contribution is -2.20. The van der Waals surface area contributed by atoms with Crippen molar-refractivity contribution in [3.8, 4) is 5.75 Å². The van der Waals surface area contributed by atoms with Crippen LogP contribution in [-0.2, 0) is 6.54 Å². The van der Waals surface area contributed by atoms with Crippen LogP contribution in [0.5, 0.6) is 5.75 Å². The highest BCUT2D eigenvalue weighted by molar-refractivity contribution is 6.32. The number of hydrogen-bond acceptors (Lipinski definition) is 2. The SMILES string of the molecule is CCC(NCc1ccc(OC)c(Cl)c1)c1ccc(Cl)cc1. The molecule has 2 aromatic carbocycles. The molecule has 112 valence electrons. The van der Waals surface area contributed by atoms with Crippen LogP contribution in [0.15, 0.2) is 42.5 Å². The number of rotatable bonds is 6. The molecule has 2 rings (SSSR count). The van der Waals surface area contributed by atoms with Gasteiger partial charge in [-0.05, 0) is 41.8 Å². The van der Waals surface area contributed by atoms with Crippen LogP contribution in [0.1, 0.15) is 30.5 Å². The molecule has 0 aliphatic carbocycles. The Kier molecular flexibility index (Phi) is 5.92. The average Bonchev–Trinajstić information content (AvgIpc) is 2.49. The number of benzene rings is 2. The Morgan fingerprint density at radius 2 is 1.81 bits per heavy atom. The standard InChI is InChI=1S/C17H19Cl2NO/c1-3-16(13-5-7-14(18)8-6-13)20-11-12-4-9-17(21-2)15(19)10-12/h4-10,16,20H,3,11H2,1-2H3. The van der Waals surface area contributed by atoms with Crippen molar-refractivity contribution >= 4 is 23.2 Å². The summed E-state index contributed by atoms with van der Waals surface area (Å²) >= 11 is 12.1. The average molecular weight is 324 g/mol. The van der Waals surface area contributed by atoms with Gasteiger partial charge in [-0.3, -0.25) is 0 Å². The lowest BCUT2D eigenvalue weighted by Gasteiger charge is -2.18. The summed E-state index contributed by atoms with van der Waals surface area (Å²) in [7, 11) is 1.62. The molecule has 21 heavy (non-hydrogen) atoms. The third kappa shape index (κ3) is 4.37. The molecule has 1 N–H and O–H groups in total. The van der Waals surface area contributed by atoms with Crippen LogP contribution in [0, 0.1) is 0 Å². The van der Waals surface area contributed by atoms with Gasteiger partial charge < -0.3 is 10.1 Å². The molecule has 0 heterocycles. The molecule has 0 fully saturated rings. The topological polar surface area (TPSA) is 21.3 Å². The zero-order chi connectivity index (χ0) is 15.2. The summed E-state index contributed by atoms with van der Waals surface area (Å²) in [6.07, 6.45) is 1.01. The molecule has 0 radical (unpaired) electrons. The maximum absolute atomic E-state index is 6.15. The molecule has 0 amide bonds. The monoisotopic (exact) mass is 323 g/mol. The fourth-order valence-corrected chi connectivity index (χ4v) is 2.66. The summed E-state index contributed by atoms with van der Waals surface area (Å²) in [4.78, 5) is 0. The number of methoxy groups -OCH3 is 1. The van der Waals surface area contributed by atoms with Crippen LogP contribution < -0.4 is 10.1 Å². The van der Waals surface area contributed by atoms with E-state index in [1.165, 1.54) is 5.56 Å². The molecule has 0 aliphatic rings. The van der Waals surface area contributed by atoms with Gasteiger partial charge in [-0.2, -0.15) is 0 Å². The maximum atomic E-state index is 6.15. The van der Waals surface area contributed by atoms with Gasteiger partial charge in [-0.15, -0.1) is 0 Å². The van der Waals surface area contributed by atoms with E-state index >= 15 is 0 Å². The Morgan fingerprint density at radius 1 is 1.10 bits per heavy atom. The summed E-state index contributed by atoms with van der Waals surface area (Å²) in [5.41, 5.74) is 2.37. The molecule has 0 bridgehead atoms. The fourth-order valence-electron chi connectivity index (χ4n) is 2.25. The van der Waals surface area contributed by atoms with Gasteiger partial charge in [-0.1, -0.05) is 48.3 Å². The van der Waals surface area contributed by atoms with Gasteiger partial charge in [0.25, 0.3) is 0 Å². The Balaban J connectivity index is 2.03. The summed E-state index contributed by atoms with van der Waals surface area (Å²) in [6.45, 7) is 2.91. The van der Waals surface area contributed by atoms with E-state index in [-0.39, 0.29) is 0 Å². The largest absolute Gasteiger partial charge is 0.495 e. The first-order valence-corrected chi connectivity index (χ1v) is 7.71. The van der Waals surface area contributed by atoms with Crippen molar-refractivity contribution in [2.45, 2.75) is 25.9 Å². The van der Waals surface area contributed by atoms with E-state index in [0.717, 1.165) is 23.6 Å². The van der Waals surface area contributed by atoms with Crippen LogP contribution >= 0.6 is 23.2 Å². The number of ether oxygens (including phenoxy) is 1. The molecule has 0 spiro atoms. The van der Waals surface area contributed by atoms with E-state index in [0.29, 0.717) is 16.8 Å². The smallest absolute Gasteiger partial charge is 0.137 e. The molecule has 4 heteroatoms. The molecule has 0 aromatic heterocycles. The zero-order valence-corrected chi connectivity index (χ0v) is 13.7. The van der Waals surface area contributed by atoms with Crippen molar-refractivity contribution in [2.24, 2.45) is 0 Å². The van der Waals surface area contributed by atoms with Crippen molar-refractivity contribution in [2.75, 3.05) is 7.11 Å².